The molecule has 0 atom stereocenters. The number of hydrogen-bond acceptors (Lipinski definition) is 2. The third-order valence-corrected chi connectivity index (χ3v) is 2.54. The van der Waals surface area contributed by atoms with Crippen LogP contribution in [0.5, 0.6) is 0 Å². The molecular weight excluding hydrogens is 243 g/mol. The van der Waals surface area contributed by atoms with E-state index in [0.29, 0.717) is 17.9 Å². The van der Waals surface area contributed by atoms with E-state index in [0.717, 1.165) is 18.6 Å². The predicted octanol–water partition coefficient (Wildman–Crippen LogP) is 3.24. The normalized spacial score (nSPS) is 11.8. The van der Waals surface area contributed by atoms with Crippen molar-refractivity contribution in [2.75, 3.05) is 0 Å². The Kier molecular flexibility index (Phi) is 3.36. The summed E-state index contributed by atoms with van der Waals surface area (Å²) in [6.07, 6.45) is -1.37. The van der Waals surface area contributed by atoms with Gasteiger partial charge in [0.25, 0.3) is 0 Å². The van der Waals surface area contributed by atoms with Gasteiger partial charge in [-0.15, -0.1) is 10.2 Å². The summed E-state index contributed by atoms with van der Waals surface area (Å²) in [7, 11) is 0. The number of benzene rings is 1. The molecule has 1 aromatic heterocycles. The molecular formula is C12H12F3N3. The molecule has 0 amide bonds. The molecule has 0 bridgehead atoms. The number of hydrogen-bond donors (Lipinski definition) is 0. The molecule has 0 aliphatic rings. The van der Waals surface area contributed by atoms with Gasteiger partial charge in [0.05, 0.1) is 5.56 Å². The van der Waals surface area contributed by atoms with Gasteiger partial charge in [0, 0.05) is 12.1 Å². The number of alkyl halides is 3. The minimum Gasteiger partial charge on any atom is -0.286 e. The number of nitrogens with zero attached hydrogens (tertiary/aromatic N) is 3. The lowest BCUT2D eigenvalue weighted by Crippen LogP contribution is -2.07. The van der Waals surface area contributed by atoms with Crippen molar-refractivity contribution < 1.29 is 13.2 Å². The maximum atomic E-state index is 12.6. The molecule has 3 nitrogen and oxygen atoms in total. The summed E-state index contributed by atoms with van der Waals surface area (Å²) in [5.74, 6) is 0.664. The van der Waals surface area contributed by atoms with Gasteiger partial charge < -0.3 is 0 Å². The van der Waals surface area contributed by atoms with Crippen LogP contribution in [0.1, 0.15) is 24.7 Å². The molecule has 0 unspecified atom stereocenters. The number of halogens is 3. The molecule has 2 aromatic rings. The Hall–Kier alpha value is -1.85. The Bertz CT molecular complexity index is 531. The summed E-state index contributed by atoms with van der Waals surface area (Å²) < 4.78 is 39.4. The largest absolute Gasteiger partial charge is 0.416 e. The Morgan fingerprint density at radius 1 is 1.28 bits per heavy atom. The lowest BCUT2D eigenvalue weighted by molar-refractivity contribution is -0.137. The van der Waals surface area contributed by atoms with E-state index in [9.17, 15) is 13.2 Å². The molecule has 0 fully saturated rings. The Morgan fingerprint density at radius 3 is 2.72 bits per heavy atom. The van der Waals surface area contributed by atoms with Crippen LogP contribution in [-0.2, 0) is 12.6 Å². The highest BCUT2D eigenvalue weighted by Crippen LogP contribution is 2.30. The van der Waals surface area contributed by atoms with E-state index in [4.69, 9.17) is 0 Å². The fraction of sp³-hybridized carbons (Fsp3) is 0.333. The van der Waals surface area contributed by atoms with Crippen LogP contribution in [-0.4, -0.2) is 14.8 Å². The van der Waals surface area contributed by atoms with Crippen LogP contribution in [0.2, 0.25) is 0 Å². The maximum absolute atomic E-state index is 12.6. The zero-order valence-electron chi connectivity index (χ0n) is 9.78. The fourth-order valence-corrected chi connectivity index (χ4v) is 1.70. The second-order valence-electron chi connectivity index (χ2n) is 3.92. The average molecular weight is 255 g/mol. The third-order valence-electron chi connectivity index (χ3n) is 2.54. The first-order valence-corrected chi connectivity index (χ1v) is 5.59. The van der Waals surface area contributed by atoms with Crippen LogP contribution in [0.15, 0.2) is 30.6 Å². The zero-order valence-corrected chi connectivity index (χ0v) is 9.78. The Labute approximate surface area is 102 Å². The number of aromatic nitrogens is 3. The number of aryl methyl sites for hydroxylation is 1. The molecule has 6 heteroatoms. The number of rotatable bonds is 3. The summed E-state index contributed by atoms with van der Waals surface area (Å²) in [4.78, 5) is 0. The molecule has 1 heterocycles. The Balaban J connectivity index is 2.42. The third kappa shape index (κ3) is 2.52. The van der Waals surface area contributed by atoms with Crippen LogP contribution < -0.4 is 0 Å². The van der Waals surface area contributed by atoms with E-state index in [-0.39, 0.29) is 0 Å². The molecule has 1 aromatic carbocycles. The molecule has 0 aliphatic carbocycles. The van der Waals surface area contributed by atoms with Gasteiger partial charge in [-0.25, -0.2) is 0 Å². The van der Waals surface area contributed by atoms with Crippen LogP contribution in [0.4, 0.5) is 13.2 Å². The van der Waals surface area contributed by atoms with Crippen LogP contribution >= 0.6 is 0 Å². The summed E-state index contributed by atoms with van der Waals surface area (Å²) in [6.45, 7) is 1.98. The molecule has 18 heavy (non-hydrogen) atoms. The van der Waals surface area contributed by atoms with Crippen molar-refractivity contribution in [3.05, 3.63) is 42.0 Å². The van der Waals surface area contributed by atoms with Crippen molar-refractivity contribution in [3.63, 3.8) is 0 Å². The summed E-state index contributed by atoms with van der Waals surface area (Å²) in [6, 6.07) is 5.14. The lowest BCUT2D eigenvalue weighted by atomic mass is 10.2. The van der Waals surface area contributed by atoms with Gasteiger partial charge >= 0.3 is 6.18 Å². The molecule has 0 saturated carbocycles. The SMILES string of the molecule is CCCc1nncn1-c1cccc(C(F)(F)F)c1. The minimum atomic E-state index is -4.34. The predicted molar refractivity (Wildman–Crippen MR) is 60.4 cm³/mol. The van der Waals surface area contributed by atoms with Crippen LogP contribution in [0.3, 0.4) is 0 Å². The van der Waals surface area contributed by atoms with Gasteiger partial charge in [0.1, 0.15) is 12.2 Å². The molecule has 2 rings (SSSR count). The van der Waals surface area contributed by atoms with Crippen molar-refractivity contribution in [2.24, 2.45) is 0 Å². The zero-order chi connectivity index (χ0) is 13.2. The van der Waals surface area contributed by atoms with Gasteiger partial charge in [-0.1, -0.05) is 13.0 Å². The fourth-order valence-electron chi connectivity index (χ4n) is 1.70. The highest BCUT2D eigenvalue weighted by atomic mass is 19.4. The molecule has 0 N–H and O–H groups in total. The van der Waals surface area contributed by atoms with Crippen molar-refractivity contribution in [1.29, 1.82) is 0 Å². The highest BCUT2D eigenvalue weighted by molar-refractivity contribution is 5.37. The molecule has 0 radical (unpaired) electrons. The van der Waals surface area contributed by atoms with Gasteiger partial charge in [0.15, 0.2) is 0 Å². The highest BCUT2D eigenvalue weighted by Gasteiger charge is 2.30. The van der Waals surface area contributed by atoms with Gasteiger partial charge in [-0.2, -0.15) is 13.2 Å². The van der Waals surface area contributed by atoms with Crippen molar-refractivity contribution in [3.8, 4) is 5.69 Å². The maximum Gasteiger partial charge on any atom is 0.416 e. The van der Waals surface area contributed by atoms with Crippen LogP contribution in [0.25, 0.3) is 5.69 Å². The standard InChI is InChI=1S/C12H12F3N3/c1-2-4-11-17-16-8-18(11)10-6-3-5-9(7-10)12(13,14)15/h3,5-8H,2,4H2,1H3. The quantitative estimate of drug-likeness (QED) is 0.843. The second-order valence-corrected chi connectivity index (χ2v) is 3.92. The second kappa shape index (κ2) is 4.80. The van der Waals surface area contributed by atoms with Gasteiger partial charge in [-0.3, -0.25) is 4.57 Å². The van der Waals surface area contributed by atoms with Crippen molar-refractivity contribution in [1.82, 2.24) is 14.8 Å². The first kappa shape index (κ1) is 12.6. The molecule has 0 saturated heterocycles. The first-order chi connectivity index (χ1) is 8.52. The van der Waals surface area contributed by atoms with Crippen LogP contribution in [0, 0.1) is 0 Å². The van der Waals surface area contributed by atoms with E-state index in [1.54, 1.807) is 10.6 Å². The van der Waals surface area contributed by atoms with E-state index < -0.39 is 11.7 Å². The van der Waals surface area contributed by atoms with Gasteiger partial charge in [-0.05, 0) is 24.6 Å². The average Bonchev–Trinajstić information content (AvgIpc) is 2.77. The van der Waals surface area contributed by atoms with E-state index in [1.807, 2.05) is 6.92 Å². The summed E-state index contributed by atoms with van der Waals surface area (Å²) in [5, 5.41) is 7.65. The smallest absolute Gasteiger partial charge is 0.286 e. The minimum absolute atomic E-state index is 0.429. The van der Waals surface area contributed by atoms with E-state index >= 15 is 0 Å². The molecule has 96 valence electrons. The van der Waals surface area contributed by atoms with Gasteiger partial charge in [0.2, 0.25) is 0 Å². The van der Waals surface area contributed by atoms with Crippen molar-refractivity contribution in [2.45, 2.75) is 25.9 Å². The molecule has 0 aliphatic heterocycles. The molecule has 0 spiro atoms. The summed E-state index contributed by atoms with van der Waals surface area (Å²) >= 11 is 0. The first-order valence-electron chi connectivity index (χ1n) is 5.59. The summed E-state index contributed by atoms with van der Waals surface area (Å²) in [5.41, 5.74) is -0.241. The Morgan fingerprint density at radius 2 is 2.06 bits per heavy atom. The topological polar surface area (TPSA) is 30.7 Å². The van der Waals surface area contributed by atoms with Crippen molar-refractivity contribution >= 4 is 0 Å². The van der Waals surface area contributed by atoms with E-state index in [2.05, 4.69) is 10.2 Å². The monoisotopic (exact) mass is 255 g/mol. The van der Waals surface area contributed by atoms with E-state index in [1.165, 1.54) is 12.4 Å². The lowest BCUT2D eigenvalue weighted by Gasteiger charge is -2.10.